The Bertz CT molecular complexity index is 850. The smallest absolute Gasteiger partial charge is 0.191 e. The van der Waals surface area contributed by atoms with Crippen molar-refractivity contribution >= 4 is 5.96 Å². The second kappa shape index (κ2) is 11.9. The summed E-state index contributed by atoms with van der Waals surface area (Å²) in [5, 5.41) is 15.5. The third-order valence-corrected chi connectivity index (χ3v) is 6.82. The lowest BCUT2D eigenvalue weighted by Crippen LogP contribution is -2.41. The molecule has 1 aliphatic carbocycles. The molecule has 1 aromatic carbocycles. The van der Waals surface area contributed by atoms with E-state index in [2.05, 4.69) is 46.8 Å². The van der Waals surface area contributed by atoms with Crippen LogP contribution in [0.25, 0.3) is 0 Å². The molecule has 0 radical (unpaired) electrons. The number of aromatic nitrogens is 3. The molecule has 32 heavy (non-hydrogen) atoms. The topological polar surface area (TPSA) is 76.4 Å². The number of nitrogens with zero attached hydrogens (tertiary/aromatic N) is 4. The van der Waals surface area contributed by atoms with Crippen molar-refractivity contribution in [1.29, 1.82) is 0 Å². The van der Waals surface area contributed by atoms with Crippen molar-refractivity contribution in [3.63, 3.8) is 0 Å². The second-order valence-corrected chi connectivity index (χ2v) is 9.32. The lowest BCUT2D eigenvalue weighted by atomic mass is 9.77. The summed E-state index contributed by atoms with van der Waals surface area (Å²) in [5.41, 5.74) is 1.27. The standard InChI is InChI=1S/C25H40N6O/c1-18(2)22-10-6-21(7-11-22)16-27-25(28-17-24-30-29-19(3)31(24)4)26-15-14-20-8-12-23(32-5)13-9-20/h8-9,12-13,18,21-22H,6-7,10-11,14-17H2,1-5H3,(H2,26,27,28). The van der Waals surface area contributed by atoms with Gasteiger partial charge in [0.1, 0.15) is 18.1 Å². The fraction of sp³-hybridized carbons (Fsp3) is 0.640. The van der Waals surface area contributed by atoms with E-state index in [4.69, 9.17) is 9.73 Å². The zero-order chi connectivity index (χ0) is 22.9. The van der Waals surface area contributed by atoms with Gasteiger partial charge in [0.2, 0.25) is 0 Å². The first kappa shape index (κ1) is 24.1. The number of aliphatic imine (C=N–C) groups is 1. The molecule has 0 spiro atoms. The highest BCUT2D eigenvalue weighted by atomic mass is 16.5. The molecular formula is C25H40N6O. The molecule has 0 amide bonds. The predicted octanol–water partition coefficient (Wildman–Crippen LogP) is 3.87. The van der Waals surface area contributed by atoms with Crippen molar-refractivity contribution in [2.75, 3.05) is 20.2 Å². The van der Waals surface area contributed by atoms with Gasteiger partial charge in [-0.25, -0.2) is 4.99 Å². The Balaban J connectivity index is 1.55. The van der Waals surface area contributed by atoms with E-state index in [9.17, 15) is 0 Å². The Morgan fingerprint density at radius 3 is 2.44 bits per heavy atom. The van der Waals surface area contributed by atoms with E-state index >= 15 is 0 Å². The van der Waals surface area contributed by atoms with Gasteiger partial charge in [0, 0.05) is 20.1 Å². The molecule has 1 saturated carbocycles. The molecule has 2 aromatic rings. The Labute approximate surface area is 193 Å². The predicted molar refractivity (Wildman–Crippen MR) is 130 cm³/mol. The first-order valence-electron chi connectivity index (χ1n) is 12.0. The molecule has 0 bridgehead atoms. The lowest BCUT2D eigenvalue weighted by Gasteiger charge is -2.31. The van der Waals surface area contributed by atoms with E-state index in [1.54, 1.807) is 7.11 Å². The van der Waals surface area contributed by atoms with Crippen LogP contribution in [-0.2, 0) is 20.0 Å². The van der Waals surface area contributed by atoms with Gasteiger partial charge in [0.25, 0.3) is 0 Å². The summed E-state index contributed by atoms with van der Waals surface area (Å²) < 4.78 is 7.24. The van der Waals surface area contributed by atoms with E-state index in [1.165, 1.54) is 31.2 Å². The molecule has 1 fully saturated rings. The van der Waals surface area contributed by atoms with Crippen molar-refractivity contribution in [2.24, 2.45) is 29.8 Å². The minimum absolute atomic E-state index is 0.509. The monoisotopic (exact) mass is 440 g/mol. The highest BCUT2D eigenvalue weighted by Gasteiger charge is 2.23. The largest absolute Gasteiger partial charge is 0.497 e. The fourth-order valence-electron chi connectivity index (χ4n) is 4.33. The van der Waals surface area contributed by atoms with Crippen LogP contribution in [0.15, 0.2) is 29.3 Å². The van der Waals surface area contributed by atoms with Crippen LogP contribution in [0.1, 0.15) is 56.7 Å². The van der Waals surface area contributed by atoms with Gasteiger partial charge in [-0.2, -0.15) is 0 Å². The van der Waals surface area contributed by atoms with Crippen LogP contribution in [0.5, 0.6) is 5.75 Å². The van der Waals surface area contributed by atoms with Crippen LogP contribution in [-0.4, -0.2) is 40.9 Å². The molecule has 0 unspecified atom stereocenters. The van der Waals surface area contributed by atoms with E-state index in [1.807, 2.05) is 30.7 Å². The second-order valence-electron chi connectivity index (χ2n) is 9.32. The molecule has 0 saturated heterocycles. The van der Waals surface area contributed by atoms with Crippen molar-refractivity contribution in [3.8, 4) is 5.75 Å². The number of benzene rings is 1. The fourth-order valence-corrected chi connectivity index (χ4v) is 4.33. The Kier molecular flexibility index (Phi) is 8.94. The first-order valence-corrected chi connectivity index (χ1v) is 12.0. The molecule has 176 valence electrons. The minimum Gasteiger partial charge on any atom is -0.497 e. The van der Waals surface area contributed by atoms with Crippen LogP contribution in [0.3, 0.4) is 0 Å². The van der Waals surface area contributed by atoms with Crippen LogP contribution >= 0.6 is 0 Å². The summed E-state index contributed by atoms with van der Waals surface area (Å²) in [4.78, 5) is 4.81. The van der Waals surface area contributed by atoms with Gasteiger partial charge in [0.15, 0.2) is 11.8 Å². The summed E-state index contributed by atoms with van der Waals surface area (Å²) in [6.07, 6.45) is 6.22. The number of hydrogen-bond donors (Lipinski definition) is 2. The maximum absolute atomic E-state index is 5.25. The number of ether oxygens (including phenoxy) is 1. The highest BCUT2D eigenvalue weighted by Crippen LogP contribution is 2.32. The third-order valence-electron chi connectivity index (χ3n) is 6.82. The van der Waals surface area contributed by atoms with Crippen LogP contribution < -0.4 is 15.4 Å². The highest BCUT2D eigenvalue weighted by molar-refractivity contribution is 5.79. The van der Waals surface area contributed by atoms with Crippen molar-refractivity contribution in [1.82, 2.24) is 25.4 Å². The number of rotatable bonds is 9. The van der Waals surface area contributed by atoms with Gasteiger partial charge in [-0.05, 0) is 74.5 Å². The van der Waals surface area contributed by atoms with Crippen LogP contribution in [0.2, 0.25) is 0 Å². The zero-order valence-electron chi connectivity index (χ0n) is 20.4. The number of methoxy groups -OCH3 is 1. The molecule has 7 heteroatoms. The number of hydrogen-bond acceptors (Lipinski definition) is 4. The molecule has 1 aliphatic rings. The zero-order valence-corrected chi connectivity index (χ0v) is 20.4. The van der Waals surface area contributed by atoms with E-state index in [-0.39, 0.29) is 0 Å². The van der Waals surface area contributed by atoms with E-state index < -0.39 is 0 Å². The molecule has 0 atom stereocenters. The van der Waals surface area contributed by atoms with Gasteiger partial charge in [-0.15, -0.1) is 10.2 Å². The maximum atomic E-state index is 5.25. The summed E-state index contributed by atoms with van der Waals surface area (Å²) in [6.45, 7) is 8.96. The summed E-state index contributed by atoms with van der Waals surface area (Å²) in [5.74, 6) is 5.92. The Morgan fingerprint density at radius 2 is 1.84 bits per heavy atom. The number of guanidine groups is 1. The van der Waals surface area contributed by atoms with E-state index in [0.29, 0.717) is 6.54 Å². The molecule has 3 rings (SSSR count). The normalized spacial score (nSPS) is 19.2. The summed E-state index contributed by atoms with van der Waals surface area (Å²) >= 11 is 0. The van der Waals surface area contributed by atoms with E-state index in [0.717, 1.165) is 60.6 Å². The molecule has 7 nitrogen and oxygen atoms in total. The van der Waals surface area contributed by atoms with Gasteiger partial charge < -0.3 is 19.9 Å². The van der Waals surface area contributed by atoms with Crippen molar-refractivity contribution in [2.45, 2.75) is 59.4 Å². The quantitative estimate of drug-likeness (QED) is 0.457. The average Bonchev–Trinajstić information content (AvgIpc) is 3.13. The van der Waals surface area contributed by atoms with Gasteiger partial charge >= 0.3 is 0 Å². The van der Waals surface area contributed by atoms with Crippen LogP contribution in [0.4, 0.5) is 0 Å². The number of nitrogens with one attached hydrogen (secondary N) is 2. The molecule has 0 aliphatic heterocycles. The molecule has 1 aromatic heterocycles. The number of aryl methyl sites for hydroxylation is 1. The minimum atomic E-state index is 0.509. The molecule has 1 heterocycles. The first-order chi connectivity index (χ1) is 15.5. The van der Waals surface area contributed by atoms with Gasteiger partial charge in [0.05, 0.1) is 7.11 Å². The average molecular weight is 441 g/mol. The molecule has 2 N–H and O–H groups in total. The maximum Gasteiger partial charge on any atom is 0.191 e. The van der Waals surface area contributed by atoms with Gasteiger partial charge in [-0.1, -0.05) is 26.0 Å². The third kappa shape index (κ3) is 6.97. The lowest BCUT2D eigenvalue weighted by molar-refractivity contribution is 0.224. The molecular weight excluding hydrogens is 400 g/mol. The summed E-state index contributed by atoms with van der Waals surface area (Å²) in [7, 11) is 3.68. The Morgan fingerprint density at radius 1 is 1.12 bits per heavy atom. The SMILES string of the molecule is COc1ccc(CCNC(=NCc2nnc(C)n2C)NCC2CCC(C(C)C)CC2)cc1. The Hall–Kier alpha value is -2.57. The summed E-state index contributed by atoms with van der Waals surface area (Å²) in [6, 6.07) is 8.24. The van der Waals surface area contributed by atoms with Crippen molar-refractivity contribution < 1.29 is 4.74 Å². The van der Waals surface area contributed by atoms with Gasteiger partial charge in [-0.3, -0.25) is 0 Å². The van der Waals surface area contributed by atoms with Crippen molar-refractivity contribution in [3.05, 3.63) is 41.5 Å². The van der Waals surface area contributed by atoms with Crippen LogP contribution in [0, 0.1) is 24.7 Å².